The van der Waals surface area contributed by atoms with Crippen molar-refractivity contribution >= 4 is 35.1 Å². The van der Waals surface area contributed by atoms with Gasteiger partial charge in [0.2, 0.25) is 0 Å². The lowest BCUT2D eigenvalue weighted by Gasteiger charge is -2.32. The van der Waals surface area contributed by atoms with Gasteiger partial charge in [0, 0.05) is 11.6 Å². The third-order valence-corrected chi connectivity index (χ3v) is 21.1. The monoisotopic (exact) mass is 1010 g/mol. The molecule has 0 aromatic heterocycles. The fourth-order valence-corrected chi connectivity index (χ4v) is 17.1. The predicted octanol–water partition coefficient (Wildman–Crippen LogP) is 19.0. The molecule has 4 aromatic carbocycles. The van der Waals surface area contributed by atoms with Crippen LogP contribution >= 0.6 is 0 Å². The molecule has 1 aliphatic rings. The van der Waals surface area contributed by atoms with E-state index >= 15 is 0 Å². The summed E-state index contributed by atoms with van der Waals surface area (Å²) in [4.78, 5) is 12.6. The van der Waals surface area contributed by atoms with Gasteiger partial charge in [-0.2, -0.15) is 0 Å². The number of ether oxygens (including phenoxy) is 2. The molecule has 0 radical (unpaired) electrons. The van der Waals surface area contributed by atoms with Gasteiger partial charge in [-0.3, -0.25) is 4.79 Å². The second-order valence-electron chi connectivity index (χ2n) is 22.4. The van der Waals surface area contributed by atoms with Crippen LogP contribution < -0.4 is 30.2 Å². The number of benzene rings is 4. The van der Waals surface area contributed by atoms with E-state index in [0.717, 1.165) is 42.6 Å². The Morgan fingerprint density at radius 3 is 1.16 bits per heavy atom. The summed E-state index contributed by atoms with van der Waals surface area (Å²) in [6, 6.07) is 32.0. The summed E-state index contributed by atoms with van der Waals surface area (Å²) < 4.78 is 13.5. The van der Waals surface area contributed by atoms with Crippen molar-refractivity contribution in [3.63, 3.8) is 0 Å². The van der Waals surface area contributed by atoms with Gasteiger partial charge < -0.3 is 9.47 Å². The first-order valence-corrected chi connectivity index (χ1v) is 33.4. The van der Waals surface area contributed by atoms with E-state index in [1.165, 1.54) is 269 Å². The summed E-state index contributed by atoms with van der Waals surface area (Å²) in [5.41, 5.74) is 4.70. The average molecular weight is 1010 g/mol. The Kier molecular flexibility index (Phi) is 31.4. The molecule has 404 valence electrons. The first-order valence-electron chi connectivity index (χ1n) is 31.4. The SMILES string of the molecule is CCCCCCCCCCCCCCCCCCCCc1ccc([Si]2(c3cc(OCCCCCCCCCCCC)cc(OCCCCCCCCCCCC)c3)c3ccccc3-c3ccc(C=O)cc32)cc1. The maximum absolute atomic E-state index is 12.6. The number of carbonyl (C=O) groups excluding carboxylic acids is 1. The first kappa shape index (κ1) is 60.2. The van der Waals surface area contributed by atoms with Crippen molar-refractivity contribution in [3.05, 3.63) is 96.1 Å². The van der Waals surface area contributed by atoms with Gasteiger partial charge in [-0.05, 0) is 75.3 Å². The Labute approximate surface area is 450 Å². The van der Waals surface area contributed by atoms with Crippen molar-refractivity contribution in [2.75, 3.05) is 13.2 Å². The molecule has 1 aliphatic heterocycles. The molecule has 0 amide bonds. The molecule has 0 fully saturated rings. The van der Waals surface area contributed by atoms with Crippen LogP contribution in [0.1, 0.15) is 281 Å². The topological polar surface area (TPSA) is 35.5 Å². The van der Waals surface area contributed by atoms with E-state index in [2.05, 4.69) is 99.6 Å². The lowest BCUT2D eigenvalue weighted by molar-refractivity contribution is 0.112. The summed E-state index contributed by atoms with van der Waals surface area (Å²) in [6.07, 6.45) is 53.5. The van der Waals surface area contributed by atoms with Crippen LogP contribution in [0, 0.1) is 0 Å². The second kappa shape index (κ2) is 38.0. The lowest BCUT2D eigenvalue weighted by Crippen LogP contribution is -2.72. The van der Waals surface area contributed by atoms with Crippen molar-refractivity contribution in [1.29, 1.82) is 0 Å². The van der Waals surface area contributed by atoms with Gasteiger partial charge in [0.1, 0.15) is 17.8 Å². The molecule has 5 rings (SSSR count). The van der Waals surface area contributed by atoms with Gasteiger partial charge in [-0.25, -0.2) is 0 Å². The molecular formula is C69H106O3Si. The lowest BCUT2D eigenvalue weighted by atomic mass is 10.0. The third-order valence-electron chi connectivity index (χ3n) is 16.3. The van der Waals surface area contributed by atoms with E-state index in [1.807, 2.05) is 6.07 Å². The van der Waals surface area contributed by atoms with Crippen molar-refractivity contribution in [3.8, 4) is 22.6 Å². The summed E-state index contributed by atoms with van der Waals surface area (Å²) in [5.74, 6) is 1.81. The standard InChI is InChI=1S/C69H106O3Si/c1-4-7-10-13-16-19-22-23-24-25-26-27-28-29-30-33-36-39-44-60-47-50-64(51-48-60)73(68-46-41-40-45-66(68)67-52-49-61(59-70)55-69(67)73)65-57-62(71-53-42-37-34-31-20-17-14-11-8-5-2)56-63(58-65)72-54-43-38-35-32-21-18-15-12-9-6-3/h40-41,45-52,55-59H,4-39,42-44,53-54H2,1-3H3. The van der Waals surface area contributed by atoms with Crippen LogP contribution in [0.25, 0.3) is 11.1 Å². The Morgan fingerprint density at radius 2 is 0.740 bits per heavy atom. The fraction of sp³-hybridized carbons (Fsp3) is 0.638. The molecule has 73 heavy (non-hydrogen) atoms. The molecule has 1 heterocycles. The Hall–Kier alpha value is -3.63. The quantitative estimate of drug-likeness (QED) is 0.0221. The van der Waals surface area contributed by atoms with Gasteiger partial charge in [-0.1, -0.05) is 312 Å². The molecule has 0 spiro atoms. The van der Waals surface area contributed by atoms with Gasteiger partial charge in [0.15, 0.2) is 8.07 Å². The summed E-state index contributed by atoms with van der Waals surface area (Å²) in [7, 11) is -2.92. The maximum Gasteiger partial charge on any atom is 0.181 e. The molecule has 0 saturated carbocycles. The highest BCUT2D eigenvalue weighted by Gasteiger charge is 2.49. The number of fused-ring (bicyclic) bond motifs is 3. The molecule has 1 unspecified atom stereocenters. The van der Waals surface area contributed by atoms with Crippen molar-refractivity contribution in [1.82, 2.24) is 0 Å². The smallest absolute Gasteiger partial charge is 0.181 e. The van der Waals surface area contributed by atoms with Crippen molar-refractivity contribution in [2.24, 2.45) is 0 Å². The zero-order chi connectivity index (χ0) is 51.3. The molecule has 0 bridgehead atoms. The van der Waals surface area contributed by atoms with E-state index in [-0.39, 0.29) is 0 Å². The highest BCUT2D eigenvalue weighted by Crippen LogP contribution is 2.32. The molecule has 4 heteroatoms. The van der Waals surface area contributed by atoms with E-state index in [9.17, 15) is 4.79 Å². The van der Waals surface area contributed by atoms with Crippen LogP contribution in [0.4, 0.5) is 0 Å². The molecule has 0 N–H and O–H groups in total. The molecule has 4 aromatic rings. The average Bonchev–Trinajstić information content (AvgIpc) is 3.71. The van der Waals surface area contributed by atoms with Crippen LogP contribution in [0.2, 0.25) is 0 Å². The number of hydrogen-bond donors (Lipinski definition) is 0. The molecular weight excluding hydrogens is 905 g/mol. The van der Waals surface area contributed by atoms with E-state index in [0.29, 0.717) is 13.2 Å². The first-order chi connectivity index (χ1) is 36.1. The Morgan fingerprint density at radius 1 is 0.356 bits per heavy atom. The van der Waals surface area contributed by atoms with Gasteiger partial charge in [0.25, 0.3) is 0 Å². The molecule has 0 aliphatic carbocycles. The zero-order valence-corrected chi connectivity index (χ0v) is 48.4. The highest BCUT2D eigenvalue weighted by atomic mass is 28.3. The van der Waals surface area contributed by atoms with Crippen LogP contribution in [0.15, 0.2) is 84.9 Å². The minimum Gasteiger partial charge on any atom is -0.493 e. The van der Waals surface area contributed by atoms with E-state index in [1.54, 1.807) is 0 Å². The van der Waals surface area contributed by atoms with Gasteiger partial charge >= 0.3 is 0 Å². The number of aryl methyl sites for hydroxylation is 1. The van der Waals surface area contributed by atoms with Crippen LogP contribution in [-0.4, -0.2) is 27.6 Å². The van der Waals surface area contributed by atoms with E-state index in [4.69, 9.17) is 9.47 Å². The Balaban J connectivity index is 1.23. The van der Waals surface area contributed by atoms with Gasteiger partial charge in [-0.15, -0.1) is 0 Å². The van der Waals surface area contributed by atoms with Crippen LogP contribution in [0.3, 0.4) is 0 Å². The number of rotatable bonds is 46. The predicted molar refractivity (Wildman–Crippen MR) is 322 cm³/mol. The highest BCUT2D eigenvalue weighted by molar-refractivity contribution is 7.22. The van der Waals surface area contributed by atoms with Crippen LogP contribution in [-0.2, 0) is 6.42 Å². The summed E-state index contributed by atoms with van der Waals surface area (Å²) in [6.45, 7) is 8.32. The second-order valence-corrected chi connectivity index (χ2v) is 26.2. The number of carbonyl (C=O) groups is 1. The fourth-order valence-electron chi connectivity index (χ4n) is 11.8. The molecule has 0 saturated heterocycles. The largest absolute Gasteiger partial charge is 0.493 e. The third kappa shape index (κ3) is 21.5. The summed E-state index contributed by atoms with van der Waals surface area (Å²) in [5, 5.41) is 5.31. The maximum atomic E-state index is 12.6. The van der Waals surface area contributed by atoms with Crippen LogP contribution in [0.5, 0.6) is 11.5 Å². The molecule has 1 atom stereocenters. The van der Waals surface area contributed by atoms with Crippen molar-refractivity contribution < 1.29 is 14.3 Å². The normalized spacial score (nSPS) is 13.8. The zero-order valence-electron chi connectivity index (χ0n) is 47.4. The number of aldehydes is 1. The van der Waals surface area contributed by atoms with E-state index < -0.39 is 8.07 Å². The minimum atomic E-state index is -2.92. The van der Waals surface area contributed by atoms with Crippen molar-refractivity contribution in [2.45, 2.75) is 271 Å². The molecule has 3 nitrogen and oxygen atoms in total. The Bertz CT molecular complexity index is 1980. The minimum absolute atomic E-state index is 0.711. The summed E-state index contributed by atoms with van der Waals surface area (Å²) >= 11 is 0. The van der Waals surface area contributed by atoms with Gasteiger partial charge in [0.05, 0.1) is 13.2 Å². The number of hydrogen-bond acceptors (Lipinski definition) is 3. The number of unbranched alkanes of at least 4 members (excludes halogenated alkanes) is 35.